The molecule has 1 aromatic carbocycles. The zero-order valence-corrected chi connectivity index (χ0v) is 17.8. The molecule has 30 heavy (non-hydrogen) atoms. The lowest BCUT2D eigenvalue weighted by atomic mass is 10.3. The number of rotatable bonds is 8. The first kappa shape index (κ1) is 22.2. The summed E-state index contributed by atoms with van der Waals surface area (Å²) in [5.74, 6) is -0.414. The van der Waals surface area contributed by atoms with Gasteiger partial charge in [0.15, 0.2) is 0 Å². The lowest BCUT2D eigenvalue weighted by Crippen LogP contribution is -2.48. The maximum Gasteiger partial charge on any atom is 0.316 e. The fourth-order valence-electron chi connectivity index (χ4n) is 3.19. The maximum absolute atomic E-state index is 13.6. The van der Waals surface area contributed by atoms with Crippen molar-refractivity contribution in [3.8, 4) is 11.4 Å². The SMILES string of the molecule is CCOCCOc1c(N2CCN(S(C)(=O)=O)CC2)cnn(-c2cccc(F)c2)c1=O. The van der Waals surface area contributed by atoms with E-state index in [9.17, 15) is 17.6 Å². The van der Waals surface area contributed by atoms with Crippen molar-refractivity contribution in [1.29, 1.82) is 0 Å². The van der Waals surface area contributed by atoms with Gasteiger partial charge in [0.25, 0.3) is 0 Å². The third-order valence-electron chi connectivity index (χ3n) is 4.69. The van der Waals surface area contributed by atoms with Crippen molar-refractivity contribution < 1.29 is 22.3 Å². The summed E-state index contributed by atoms with van der Waals surface area (Å²) in [4.78, 5) is 15.0. The van der Waals surface area contributed by atoms with Crippen LogP contribution in [0.2, 0.25) is 0 Å². The quantitative estimate of drug-likeness (QED) is 0.562. The highest BCUT2D eigenvalue weighted by Crippen LogP contribution is 2.26. The van der Waals surface area contributed by atoms with E-state index in [2.05, 4.69) is 5.10 Å². The summed E-state index contributed by atoms with van der Waals surface area (Å²) in [6.45, 7) is 4.21. The molecule has 0 saturated carbocycles. The van der Waals surface area contributed by atoms with Gasteiger partial charge in [-0.05, 0) is 25.1 Å². The van der Waals surface area contributed by atoms with Gasteiger partial charge in [0, 0.05) is 32.8 Å². The van der Waals surface area contributed by atoms with E-state index in [4.69, 9.17) is 9.47 Å². The highest BCUT2D eigenvalue weighted by Gasteiger charge is 2.27. The van der Waals surface area contributed by atoms with Crippen LogP contribution in [0.1, 0.15) is 6.92 Å². The molecule has 0 N–H and O–H groups in total. The van der Waals surface area contributed by atoms with Crippen molar-refractivity contribution >= 4 is 15.7 Å². The van der Waals surface area contributed by atoms with Crippen molar-refractivity contribution in [3.05, 3.63) is 46.6 Å². The first-order valence-electron chi connectivity index (χ1n) is 9.60. The maximum atomic E-state index is 13.6. The highest BCUT2D eigenvalue weighted by molar-refractivity contribution is 7.88. The van der Waals surface area contributed by atoms with E-state index in [1.54, 1.807) is 6.07 Å². The topological polar surface area (TPSA) is 94.0 Å². The number of aromatic nitrogens is 2. The molecule has 164 valence electrons. The Labute approximate surface area is 174 Å². The van der Waals surface area contributed by atoms with Crippen LogP contribution >= 0.6 is 0 Å². The van der Waals surface area contributed by atoms with E-state index in [0.29, 0.717) is 45.1 Å². The van der Waals surface area contributed by atoms with Gasteiger partial charge in [-0.3, -0.25) is 4.79 Å². The summed E-state index contributed by atoms with van der Waals surface area (Å²) in [5, 5.41) is 4.19. The first-order valence-corrected chi connectivity index (χ1v) is 11.4. The van der Waals surface area contributed by atoms with E-state index in [1.165, 1.54) is 35.0 Å². The third kappa shape index (κ3) is 5.15. The molecular formula is C19H25FN4O5S. The second-order valence-electron chi connectivity index (χ2n) is 6.75. The number of piperazine rings is 1. The number of sulfonamides is 1. The summed E-state index contributed by atoms with van der Waals surface area (Å²) in [6.07, 6.45) is 2.66. The number of benzene rings is 1. The Morgan fingerprint density at radius 3 is 2.53 bits per heavy atom. The van der Waals surface area contributed by atoms with Crippen LogP contribution < -0.4 is 15.2 Å². The van der Waals surface area contributed by atoms with Crippen molar-refractivity contribution in [1.82, 2.24) is 14.1 Å². The molecule has 0 unspecified atom stereocenters. The minimum Gasteiger partial charge on any atom is -0.484 e. The summed E-state index contributed by atoms with van der Waals surface area (Å²) in [6, 6.07) is 5.56. The Hall–Kier alpha value is -2.50. The van der Waals surface area contributed by atoms with Gasteiger partial charge in [-0.1, -0.05) is 6.07 Å². The van der Waals surface area contributed by atoms with E-state index in [0.717, 1.165) is 4.68 Å². The van der Waals surface area contributed by atoms with Crippen LogP contribution in [0.3, 0.4) is 0 Å². The molecule has 1 aliphatic rings. The second-order valence-corrected chi connectivity index (χ2v) is 8.73. The molecule has 3 rings (SSSR count). The van der Waals surface area contributed by atoms with Crippen LogP contribution in [-0.4, -0.2) is 74.8 Å². The van der Waals surface area contributed by atoms with E-state index in [1.807, 2.05) is 11.8 Å². The minimum absolute atomic E-state index is 0.0711. The lowest BCUT2D eigenvalue weighted by molar-refractivity contribution is 0.109. The van der Waals surface area contributed by atoms with Crippen LogP contribution in [-0.2, 0) is 14.8 Å². The van der Waals surface area contributed by atoms with Crippen LogP contribution in [0.4, 0.5) is 10.1 Å². The molecule has 1 saturated heterocycles. The Morgan fingerprint density at radius 1 is 1.17 bits per heavy atom. The molecular weight excluding hydrogens is 415 g/mol. The van der Waals surface area contributed by atoms with Crippen LogP contribution in [0.5, 0.6) is 5.75 Å². The van der Waals surface area contributed by atoms with Crippen molar-refractivity contribution in [3.63, 3.8) is 0 Å². The predicted molar refractivity (Wildman–Crippen MR) is 110 cm³/mol. The molecule has 0 radical (unpaired) electrons. The van der Waals surface area contributed by atoms with E-state index in [-0.39, 0.29) is 18.0 Å². The number of anilines is 1. The monoisotopic (exact) mass is 440 g/mol. The van der Waals surface area contributed by atoms with Crippen LogP contribution in [0.25, 0.3) is 5.69 Å². The molecule has 1 aliphatic heterocycles. The molecule has 1 aromatic heterocycles. The zero-order chi connectivity index (χ0) is 21.7. The van der Waals surface area contributed by atoms with Gasteiger partial charge < -0.3 is 14.4 Å². The van der Waals surface area contributed by atoms with Gasteiger partial charge in [-0.15, -0.1) is 0 Å². The van der Waals surface area contributed by atoms with Crippen LogP contribution in [0, 0.1) is 5.82 Å². The summed E-state index contributed by atoms with van der Waals surface area (Å²) >= 11 is 0. The van der Waals surface area contributed by atoms with Crippen molar-refractivity contribution in [2.75, 3.05) is 57.2 Å². The third-order valence-corrected chi connectivity index (χ3v) is 6.00. The Morgan fingerprint density at radius 2 is 1.90 bits per heavy atom. The molecule has 2 aromatic rings. The first-order chi connectivity index (χ1) is 14.3. The van der Waals surface area contributed by atoms with Gasteiger partial charge in [0.1, 0.15) is 18.1 Å². The number of nitrogens with zero attached hydrogens (tertiary/aromatic N) is 4. The highest BCUT2D eigenvalue weighted by atomic mass is 32.2. The summed E-state index contributed by atoms with van der Waals surface area (Å²) in [5.41, 5.74) is 0.223. The lowest BCUT2D eigenvalue weighted by Gasteiger charge is -2.35. The molecule has 0 aliphatic carbocycles. The fourth-order valence-corrected chi connectivity index (χ4v) is 4.02. The molecule has 0 amide bonds. The minimum atomic E-state index is -3.28. The Kier molecular flexibility index (Phi) is 7.06. The van der Waals surface area contributed by atoms with Crippen molar-refractivity contribution in [2.24, 2.45) is 0 Å². The molecule has 0 bridgehead atoms. The van der Waals surface area contributed by atoms with Gasteiger partial charge in [0.2, 0.25) is 15.8 Å². The number of hydrogen-bond acceptors (Lipinski definition) is 7. The van der Waals surface area contributed by atoms with Gasteiger partial charge in [-0.2, -0.15) is 14.1 Å². The zero-order valence-electron chi connectivity index (χ0n) is 17.0. The van der Waals surface area contributed by atoms with E-state index >= 15 is 0 Å². The normalized spacial score (nSPS) is 15.4. The molecule has 9 nitrogen and oxygen atoms in total. The average molecular weight is 440 g/mol. The number of hydrogen-bond donors (Lipinski definition) is 0. The van der Waals surface area contributed by atoms with E-state index < -0.39 is 21.4 Å². The molecule has 0 atom stereocenters. The largest absolute Gasteiger partial charge is 0.484 e. The molecule has 0 spiro atoms. The van der Waals surface area contributed by atoms with Gasteiger partial charge in [-0.25, -0.2) is 12.8 Å². The van der Waals surface area contributed by atoms with Gasteiger partial charge in [0.05, 0.1) is 24.7 Å². The Balaban J connectivity index is 1.92. The molecule has 11 heteroatoms. The Bertz CT molecular complexity index is 1040. The second kappa shape index (κ2) is 9.54. The summed E-state index contributed by atoms with van der Waals surface area (Å²) in [7, 11) is -3.28. The predicted octanol–water partition coefficient (Wildman–Crippen LogP) is 0.869. The fraction of sp³-hybridized carbons (Fsp3) is 0.474. The molecule has 2 heterocycles. The summed E-state index contributed by atoms with van der Waals surface area (Å²) < 4.78 is 50.6. The average Bonchev–Trinajstić information content (AvgIpc) is 2.71. The smallest absolute Gasteiger partial charge is 0.316 e. The number of halogens is 1. The number of ether oxygens (including phenoxy) is 2. The van der Waals surface area contributed by atoms with Crippen LogP contribution in [0.15, 0.2) is 35.3 Å². The van der Waals surface area contributed by atoms with Crippen molar-refractivity contribution in [2.45, 2.75) is 6.92 Å². The standard InChI is InChI=1S/C19H25FN4O5S/c1-3-28-11-12-29-18-17(22-7-9-23(10-8-22)30(2,26)27)14-21-24(19(18)25)16-6-4-5-15(20)13-16/h4-6,13-14H,3,7-12H2,1-2H3. The molecule has 1 fully saturated rings. The van der Waals surface area contributed by atoms with Gasteiger partial charge >= 0.3 is 5.56 Å².